The predicted molar refractivity (Wildman–Crippen MR) is 129 cm³/mol. The summed E-state index contributed by atoms with van der Waals surface area (Å²) in [5, 5.41) is 0.499. The second kappa shape index (κ2) is 9.57. The molecule has 14 nitrogen and oxygen atoms in total. The molecule has 3 atom stereocenters. The van der Waals surface area contributed by atoms with Crippen molar-refractivity contribution in [3.05, 3.63) is 53.9 Å². The summed E-state index contributed by atoms with van der Waals surface area (Å²) < 4.78 is 48.9. The normalized spacial score (nSPS) is 23.8. The molecule has 1 aromatic carbocycles. The number of urea groups is 1. The average molecular weight is 563 g/mol. The van der Waals surface area contributed by atoms with Crippen molar-refractivity contribution in [3.63, 3.8) is 0 Å². The first-order valence-corrected chi connectivity index (χ1v) is 13.6. The first kappa shape index (κ1) is 26.5. The number of hydrogen-bond donors (Lipinski definition) is 0. The van der Waals surface area contributed by atoms with Gasteiger partial charge in [0.05, 0.1) is 24.7 Å². The smallest absolute Gasteiger partial charge is 0.449 e. The van der Waals surface area contributed by atoms with E-state index in [1.54, 1.807) is 39.0 Å². The highest BCUT2D eigenvalue weighted by atomic mass is 32.2. The van der Waals surface area contributed by atoms with Crippen LogP contribution in [0.4, 0.5) is 14.4 Å². The van der Waals surface area contributed by atoms with Gasteiger partial charge in [0.2, 0.25) is 0 Å². The lowest BCUT2D eigenvalue weighted by Gasteiger charge is -2.46. The van der Waals surface area contributed by atoms with E-state index in [9.17, 15) is 27.6 Å². The number of hydrogen-bond acceptors (Lipinski definition) is 10. The van der Waals surface area contributed by atoms with Crippen LogP contribution in [-0.4, -0.2) is 83.6 Å². The van der Waals surface area contributed by atoms with Crippen LogP contribution in [0.1, 0.15) is 42.5 Å². The Morgan fingerprint density at radius 1 is 1.05 bits per heavy atom. The highest BCUT2D eigenvalue weighted by Crippen LogP contribution is 2.53. The summed E-state index contributed by atoms with van der Waals surface area (Å²) in [6.45, 7) is 4.62. The predicted octanol–water partition coefficient (Wildman–Crippen LogP) is 2.61. The molecule has 1 spiro atoms. The maximum absolute atomic E-state index is 13.8. The van der Waals surface area contributed by atoms with E-state index in [-0.39, 0.29) is 36.8 Å². The molecule has 0 bridgehead atoms. The van der Waals surface area contributed by atoms with Gasteiger partial charge in [-0.05, 0) is 45.0 Å². The zero-order chi connectivity index (χ0) is 28.1. The van der Waals surface area contributed by atoms with Gasteiger partial charge in [0.15, 0.2) is 11.8 Å². The molecule has 15 heteroatoms. The largest absolute Gasteiger partial charge is 0.508 e. The first-order chi connectivity index (χ1) is 18.5. The summed E-state index contributed by atoms with van der Waals surface area (Å²) in [7, 11) is -4.63. The number of ether oxygens (including phenoxy) is 3. The van der Waals surface area contributed by atoms with E-state index in [1.807, 2.05) is 0 Å². The van der Waals surface area contributed by atoms with Crippen LogP contribution < -0.4 is 0 Å². The van der Waals surface area contributed by atoms with Crippen LogP contribution >= 0.6 is 0 Å². The summed E-state index contributed by atoms with van der Waals surface area (Å²) in [6, 6.07) is 7.58. The van der Waals surface area contributed by atoms with Gasteiger partial charge in [-0.15, -0.1) is 4.28 Å². The van der Waals surface area contributed by atoms with E-state index >= 15 is 0 Å². The van der Waals surface area contributed by atoms with Crippen LogP contribution in [0.25, 0.3) is 0 Å². The summed E-state index contributed by atoms with van der Waals surface area (Å²) in [5.74, 6) is -0.592. The van der Waals surface area contributed by atoms with Gasteiger partial charge >= 0.3 is 28.4 Å². The van der Waals surface area contributed by atoms with E-state index < -0.39 is 52.2 Å². The van der Waals surface area contributed by atoms with Gasteiger partial charge in [-0.25, -0.2) is 19.3 Å². The summed E-state index contributed by atoms with van der Waals surface area (Å²) in [4.78, 5) is 54.3. The van der Waals surface area contributed by atoms with Gasteiger partial charge in [-0.3, -0.25) is 4.79 Å². The molecule has 0 N–H and O–H groups in total. The zero-order valence-corrected chi connectivity index (χ0v) is 22.1. The first-order valence-electron chi connectivity index (χ1n) is 12.2. The highest BCUT2D eigenvalue weighted by molar-refractivity contribution is 7.86. The topological polar surface area (TPSA) is 154 Å². The lowest BCUT2D eigenvalue weighted by Crippen LogP contribution is -2.63. The minimum Gasteiger partial charge on any atom is -0.449 e. The lowest BCUT2D eigenvalue weighted by molar-refractivity contribution is -0.145. The van der Waals surface area contributed by atoms with E-state index in [1.165, 1.54) is 33.9 Å². The third-order valence-corrected chi connectivity index (χ3v) is 7.94. The number of benzene rings is 1. The minimum atomic E-state index is -4.63. The number of carbonyl (C=O) groups excluding carboxylic acids is 4. The number of nitrogens with zero attached hydrogens (tertiary/aromatic N) is 4. The fraction of sp³-hybridized carbons (Fsp3) is 0.417. The van der Waals surface area contributed by atoms with Crippen molar-refractivity contribution in [1.29, 1.82) is 0 Å². The van der Waals surface area contributed by atoms with E-state index in [0.29, 0.717) is 9.96 Å². The Hall–Kier alpha value is -4.11. The Morgan fingerprint density at radius 3 is 2.41 bits per heavy atom. The van der Waals surface area contributed by atoms with E-state index in [4.69, 9.17) is 18.5 Å². The quantitative estimate of drug-likeness (QED) is 0.480. The van der Waals surface area contributed by atoms with Crippen LogP contribution in [0.5, 0.6) is 0 Å². The standard InChI is InChI=1S/C24H26N4O10S/c1-4-35-22(31)27-20-24(28(21(27)30)38-39(33,34)17-10-8-15(3)9-11-17)13-16(37-23(32)36-5-2)14-26(24)19(29)18-7-6-12-25(18)20/h6-12,16,20H,4-5,13-14H2,1-3H3/t16-,20-,24+/m1/s1. The molecule has 2 fully saturated rings. The average Bonchev–Trinajstić information content (AvgIpc) is 3.56. The van der Waals surface area contributed by atoms with Crippen molar-refractivity contribution < 1.29 is 46.1 Å². The molecular weight excluding hydrogens is 536 g/mol. The third-order valence-electron chi connectivity index (χ3n) is 6.75. The number of imide groups is 1. The molecule has 4 heterocycles. The van der Waals surface area contributed by atoms with Crippen molar-refractivity contribution >= 4 is 34.3 Å². The summed E-state index contributed by atoms with van der Waals surface area (Å²) >= 11 is 0. The monoisotopic (exact) mass is 562 g/mol. The fourth-order valence-corrected chi connectivity index (χ4v) is 6.15. The Kier molecular flexibility index (Phi) is 6.50. The van der Waals surface area contributed by atoms with E-state index in [0.717, 1.165) is 5.56 Å². The van der Waals surface area contributed by atoms with Gasteiger partial charge in [-0.2, -0.15) is 13.5 Å². The molecule has 1 aromatic heterocycles. The second-order valence-electron chi connectivity index (χ2n) is 9.08. The maximum atomic E-state index is 13.8. The second-order valence-corrected chi connectivity index (χ2v) is 10.6. The van der Waals surface area contributed by atoms with Gasteiger partial charge < -0.3 is 23.7 Å². The Bertz CT molecular complexity index is 1440. The number of hydroxylamine groups is 2. The van der Waals surface area contributed by atoms with Gasteiger partial charge in [-0.1, -0.05) is 17.7 Å². The molecule has 39 heavy (non-hydrogen) atoms. The molecule has 2 saturated heterocycles. The Balaban J connectivity index is 1.65. The molecule has 3 aliphatic heterocycles. The van der Waals surface area contributed by atoms with Crippen molar-refractivity contribution in [2.24, 2.45) is 0 Å². The molecule has 0 radical (unpaired) electrons. The van der Waals surface area contributed by atoms with Crippen molar-refractivity contribution in [2.75, 3.05) is 19.8 Å². The minimum absolute atomic E-state index is 0.0343. The van der Waals surface area contributed by atoms with Crippen LogP contribution in [0.2, 0.25) is 0 Å². The third kappa shape index (κ3) is 4.08. The zero-order valence-electron chi connectivity index (χ0n) is 21.3. The van der Waals surface area contributed by atoms with Crippen LogP contribution in [0, 0.1) is 6.92 Å². The Morgan fingerprint density at radius 2 is 1.74 bits per heavy atom. The molecule has 0 aliphatic carbocycles. The summed E-state index contributed by atoms with van der Waals surface area (Å²) in [6.07, 6.45) is -3.22. The molecule has 208 valence electrons. The van der Waals surface area contributed by atoms with Crippen molar-refractivity contribution in [3.8, 4) is 0 Å². The van der Waals surface area contributed by atoms with Crippen LogP contribution in [-0.2, 0) is 28.6 Å². The number of aromatic nitrogens is 1. The molecule has 0 saturated carbocycles. The number of carbonyl (C=O) groups is 4. The highest BCUT2D eigenvalue weighted by Gasteiger charge is 2.72. The van der Waals surface area contributed by atoms with Gasteiger partial charge in [0.1, 0.15) is 11.8 Å². The fourth-order valence-electron chi connectivity index (χ4n) is 5.20. The molecule has 3 aliphatic rings. The lowest BCUT2D eigenvalue weighted by atomic mass is 9.99. The summed E-state index contributed by atoms with van der Waals surface area (Å²) in [5.41, 5.74) is -1.00. The van der Waals surface area contributed by atoms with Crippen molar-refractivity contribution in [1.82, 2.24) is 19.4 Å². The molecule has 4 amide bonds. The molecule has 5 rings (SSSR count). The molecule has 2 aromatic rings. The van der Waals surface area contributed by atoms with Crippen LogP contribution in [0.3, 0.4) is 0 Å². The van der Waals surface area contributed by atoms with Crippen LogP contribution in [0.15, 0.2) is 47.5 Å². The molecule has 0 unspecified atom stereocenters. The van der Waals surface area contributed by atoms with Crippen molar-refractivity contribution in [2.45, 2.75) is 50.0 Å². The number of amides is 4. The Labute approximate surface area is 223 Å². The van der Waals surface area contributed by atoms with E-state index in [2.05, 4.69) is 0 Å². The van der Waals surface area contributed by atoms with Gasteiger partial charge in [0.25, 0.3) is 5.91 Å². The number of aryl methyl sites for hydroxylation is 1. The number of rotatable bonds is 6. The SMILES string of the molecule is CCOC(=O)O[C@H]1CN2C(=O)c3cccn3[C@@H]3N(C(=O)OCC)C(=O)N(OS(=O)(=O)c4ccc(C)cc4)[C@@]32C1. The number of fused-ring (bicyclic) bond motifs is 2. The maximum Gasteiger partial charge on any atom is 0.508 e. The van der Waals surface area contributed by atoms with Gasteiger partial charge in [0, 0.05) is 12.6 Å². The molecular formula is C24H26N4O10S.